The molecule has 0 saturated carbocycles. The summed E-state index contributed by atoms with van der Waals surface area (Å²) in [6.07, 6.45) is 2.89. The molecule has 0 spiro atoms. The zero-order valence-electron chi connectivity index (χ0n) is 11.7. The smallest absolute Gasteiger partial charge is 0.240 e. The largest absolute Gasteiger partial charge is 0.373 e. The zero-order valence-corrected chi connectivity index (χ0v) is 11.7. The van der Waals surface area contributed by atoms with Crippen molar-refractivity contribution in [2.24, 2.45) is 5.73 Å². The van der Waals surface area contributed by atoms with Crippen molar-refractivity contribution in [2.75, 3.05) is 23.8 Å². The van der Waals surface area contributed by atoms with Gasteiger partial charge in [0.15, 0.2) is 0 Å². The Morgan fingerprint density at radius 1 is 1.37 bits per heavy atom. The second kappa shape index (κ2) is 5.42. The summed E-state index contributed by atoms with van der Waals surface area (Å²) in [7, 11) is 1.83. The van der Waals surface area contributed by atoms with Gasteiger partial charge >= 0.3 is 0 Å². The highest BCUT2D eigenvalue weighted by Crippen LogP contribution is 2.28. The van der Waals surface area contributed by atoms with E-state index >= 15 is 0 Å². The minimum Gasteiger partial charge on any atom is -0.373 e. The normalized spacial score (nSPS) is 19.3. The maximum atomic E-state index is 11.6. The zero-order chi connectivity index (χ0) is 14.0. The molecule has 0 aliphatic carbocycles. The number of piperidine rings is 1. The Balaban J connectivity index is 2.44. The Hall–Kier alpha value is -1.85. The van der Waals surface area contributed by atoms with Crippen LogP contribution >= 0.6 is 0 Å². The predicted octanol–water partition coefficient (Wildman–Crippen LogP) is 0.979. The molecule has 0 radical (unpaired) electrons. The van der Waals surface area contributed by atoms with E-state index in [9.17, 15) is 4.79 Å². The fourth-order valence-corrected chi connectivity index (χ4v) is 2.62. The molecule has 6 heteroatoms. The lowest BCUT2D eigenvalue weighted by molar-refractivity contribution is -0.119. The first kappa shape index (κ1) is 13.6. The van der Waals surface area contributed by atoms with Gasteiger partial charge in [-0.05, 0) is 33.1 Å². The molecule has 0 bridgehead atoms. The summed E-state index contributed by atoms with van der Waals surface area (Å²) in [5, 5.41) is 3.07. The third-order valence-corrected chi connectivity index (χ3v) is 3.57. The highest BCUT2D eigenvalue weighted by Gasteiger charge is 2.29. The number of anilines is 2. The number of hydrogen-bond acceptors (Lipinski definition) is 5. The van der Waals surface area contributed by atoms with Crippen LogP contribution in [0.2, 0.25) is 0 Å². The number of rotatable bonds is 3. The van der Waals surface area contributed by atoms with Crippen LogP contribution in [0.1, 0.15) is 30.7 Å². The average molecular weight is 263 g/mol. The van der Waals surface area contributed by atoms with Gasteiger partial charge in [-0.25, -0.2) is 9.97 Å². The summed E-state index contributed by atoms with van der Waals surface area (Å²) >= 11 is 0. The number of nitrogens with one attached hydrogen (secondary N) is 1. The van der Waals surface area contributed by atoms with Gasteiger partial charge in [-0.2, -0.15) is 0 Å². The second-order valence-corrected chi connectivity index (χ2v) is 4.93. The van der Waals surface area contributed by atoms with E-state index < -0.39 is 0 Å². The summed E-state index contributed by atoms with van der Waals surface area (Å²) in [5.74, 6) is 2.04. The van der Waals surface area contributed by atoms with Crippen molar-refractivity contribution in [1.82, 2.24) is 9.97 Å². The molecule has 1 atom stereocenters. The fourth-order valence-electron chi connectivity index (χ4n) is 2.62. The maximum Gasteiger partial charge on any atom is 0.240 e. The number of aromatic nitrogens is 2. The van der Waals surface area contributed by atoms with E-state index in [1.165, 1.54) is 0 Å². The first-order chi connectivity index (χ1) is 9.04. The van der Waals surface area contributed by atoms with Gasteiger partial charge in [-0.1, -0.05) is 0 Å². The molecule has 2 heterocycles. The molecule has 104 valence electrons. The van der Waals surface area contributed by atoms with E-state index in [2.05, 4.69) is 15.3 Å². The minimum absolute atomic E-state index is 0.258. The van der Waals surface area contributed by atoms with E-state index in [1.54, 1.807) is 0 Å². The van der Waals surface area contributed by atoms with Crippen LogP contribution in [-0.4, -0.2) is 35.5 Å². The van der Waals surface area contributed by atoms with Crippen molar-refractivity contribution in [3.63, 3.8) is 0 Å². The maximum absolute atomic E-state index is 11.6. The number of nitrogens with two attached hydrogens (primary N) is 1. The van der Waals surface area contributed by atoms with Crippen LogP contribution in [0.3, 0.4) is 0 Å². The molecule has 1 aliphatic heterocycles. The number of carbonyl (C=O) groups is 1. The van der Waals surface area contributed by atoms with E-state index in [-0.39, 0.29) is 11.9 Å². The molecule has 1 amide bonds. The highest BCUT2D eigenvalue weighted by atomic mass is 16.1. The van der Waals surface area contributed by atoms with E-state index in [1.807, 2.05) is 25.8 Å². The van der Waals surface area contributed by atoms with Gasteiger partial charge in [0, 0.05) is 19.2 Å². The fraction of sp³-hybridized carbons (Fsp3) is 0.615. The molecule has 6 nitrogen and oxygen atoms in total. The molecule has 1 aromatic rings. The average Bonchev–Trinajstić information content (AvgIpc) is 2.41. The summed E-state index contributed by atoms with van der Waals surface area (Å²) in [5.41, 5.74) is 6.47. The lowest BCUT2D eigenvalue weighted by Crippen LogP contribution is -2.48. The standard InChI is InChI=1S/C13H21N5O/c1-8-12(15-3)16-9(2)17-13(8)18-7-5-4-6-10(18)11(14)19/h10H,4-7H2,1-3H3,(H2,14,19)(H,15,16,17). The van der Waals surface area contributed by atoms with Crippen molar-refractivity contribution >= 4 is 17.5 Å². The second-order valence-electron chi connectivity index (χ2n) is 4.93. The van der Waals surface area contributed by atoms with Crippen LogP contribution in [0.25, 0.3) is 0 Å². The van der Waals surface area contributed by atoms with Gasteiger partial charge in [0.05, 0.1) is 0 Å². The first-order valence-corrected chi connectivity index (χ1v) is 6.63. The SMILES string of the molecule is CNc1nc(C)nc(N2CCCCC2C(N)=O)c1C. The molecule has 1 fully saturated rings. The van der Waals surface area contributed by atoms with Crippen LogP contribution in [0, 0.1) is 13.8 Å². The minimum atomic E-state index is -0.277. The third-order valence-electron chi connectivity index (χ3n) is 3.57. The molecule has 1 aliphatic rings. The number of nitrogens with zero attached hydrogens (tertiary/aromatic N) is 3. The predicted molar refractivity (Wildman–Crippen MR) is 75.2 cm³/mol. The molecule has 19 heavy (non-hydrogen) atoms. The number of primary amides is 1. The van der Waals surface area contributed by atoms with Crippen molar-refractivity contribution in [3.8, 4) is 0 Å². The van der Waals surface area contributed by atoms with Gasteiger partial charge < -0.3 is 16.0 Å². The Morgan fingerprint density at radius 2 is 2.11 bits per heavy atom. The third kappa shape index (κ3) is 2.62. The summed E-state index contributed by atoms with van der Waals surface area (Å²) < 4.78 is 0. The highest BCUT2D eigenvalue weighted by molar-refractivity contribution is 5.84. The van der Waals surface area contributed by atoms with Crippen LogP contribution in [-0.2, 0) is 4.79 Å². The van der Waals surface area contributed by atoms with Crippen molar-refractivity contribution in [1.29, 1.82) is 0 Å². The Labute approximate surface area is 113 Å². The van der Waals surface area contributed by atoms with Gasteiger partial charge in [0.1, 0.15) is 23.5 Å². The number of amides is 1. The molecular weight excluding hydrogens is 242 g/mol. The Kier molecular flexibility index (Phi) is 3.87. The quantitative estimate of drug-likeness (QED) is 0.849. The van der Waals surface area contributed by atoms with Crippen LogP contribution < -0.4 is 16.0 Å². The Morgan fingerprint density at radius 3 is 2.74 bits per heavy atom. The molecule has 0 aromatic carbocycles. The topological polar surface area (TPSA) is 84.1 Å². The van der Waals surface area contributed by atoms with Crippen molar-refractivity contribution in [3.05, 3.63) is 11.4 Å². The van der Waals surface area contributed by atoms with Crippen molar-refractivity contribution < 1.29 is 4.79 Å². The lowest BCUT2D eigenvalue weighted by Gasteiger charge is -2.35. The van der Waals surface area contributed by atoms with Gasteiger partial charge in [-0.15, -0.1) is 0 Å². The van der Waals surface area contributed by atoms with Crippen molar-refractivity contribution in [2.45, 2.75) is 39.2 Å². The molecule has 1 aromatic heterocycles. The van der Waals surface area contributed by atoms with Gasteiger partial charge in [-0.3, -0.25) is 4.79 Å². The summed E-state index contributed by atoms with van der Waals surface area (Å²) in [4.78, 5) is 22.5. The lowest BCUT2D eigenvalue weighted by atomic mass is 10.0. The molecule has 2 rings (SSSR count). The summed E-state index contributed by atoms with van der Waals surface area (Å²) in [6.45, 7) is 4.63. The molecule has 1 saturated heterocycles. The van der Waals surface area contributed by atoms with Gasteiger partial charge in [0.2, 0.25) is 5.91 Å². The first-order valence-electron chi connectivity index (χ1n) is 6.63. The number of carbonyl (C=O) groups excluding carboxylic acids is 1. The van der Waals surface area contributed by atoms with Crippen LogP contribution in [0.4, 0.5) is 11.6 Å². The molecule has 3 N–H and O–H groups in total. The van der Waals surface area contributed by atoms with Gasteiger partial charge in [0.25, 0.3) is 0 Å². The van der Waals surface area contributed by atoms with E-state index in [0.717, 1.165) is 43.0 Å². The molecule has 1 unspecified atom stereocenters. The van der Waals surface area contributed by atoms with Crippen LogP contribution in [0.15, 0.2) is 0 Å². The Bertz CT molecular complexity index is 488. The van der Waals surface area contributed by atoms with E-state index in [0.29, 0.717) is 5.82 Å². The van der Waals surface area contributed by atoms with E-state index in [4.69, 9.17) is 5.73 Å². The summed E-state index contributed by atoms with van der Waals surface area (Å²) in [6, 6.07) is -0.258. The monoisotopic (exact) mass is 263 g/mol. The molecular formula is C13H21N5O. The number of aryl methyl sites for hydroxylation is 1. The number of hydrogen-bond donors (Lipinski definition) is 2. The van der Waals surface area contributed by atoms with Crippen LogP contribution in [0.5, 0.6) is 0 Å².